The average molecular weight is 387 g/mol. The van der Waals surface area contributed by atoms with Crippen molar-refractivity contribution in [1.29, 1.82) is 0 Å². The fourth-order valence-electron chi connectivity index (χ4n) is 3.96. The van der Waals surface area contributed by atoms with Gasteiger partial charge in [-0.05, 0) is 18.2 Å². The van der Waals surface area contributed by atoms with E-state index >= 15 is 0 Å². The van der Waals surface area contributed by atoms with Gasteiger partial charge in [0.2, 0.25) is 5.91 Å². The molecule has 8 nitrogen and oxygen atoms in total. The maximum Gasteiger partial charge on any atom is 0.260 e. The summed E-state index contributed by atoms with van der Waals surface area (Å²) in [6.45, 7) is 0.180. The molecule has 0 bridgehead atoms. The van der Waals surface area contributed by atoms with Crippen molar-refractivity contribution in [2.24, 2.45) is 0 Å². The maximum absolute atomic E-state index is 13.2. The van der Waals surface area contributed by atoms with Gasteiger partial charge in [0.25, 0.3) is 11.8 Å². The van der Waals surface area contributed by atoms with Gasteiger partial charge in [0.1, 0.15) is 6.17 Å². The summed E-state index contributed by atoms with van der Waals surface area (Å²) in [4.78, 5) is 41.9. The lowest BCUT2D eigenvalue weighted by Crippen LogP contribution is -2.48. The van der Waals surface area contributed by atoms with Crippen molar-refractivity contribution in [3.05, 3.63) is 77.6 Å². The van der Waals surface area contributed by atoms with Gasteiger partial charge >= 0.3 is 0 Å². The van der Waals surface area contributed by atoms with Crippen molar-refractivity contribution >= 4 is 29.1 Å². The zero-order valence-electron chi connectivity index (χ0n) is 15.3. The molecule has 2 aliphatic heterocycles. The zero-order chi connectivity index (χ0) is 20.0. The number of nitrogens with zero attached hydrogens (tertiary/aromatic N) is 3. The molecule has 0 fully saturated rings. The number of hydrogen-bond acceptors (Lipinski definition) is 4. The van der Waals surface area contributed by atoms with E-state index in [9.17, 15) is 14.4 Å². The van der Waals surface area contributed by atoms with Gasteiger partial charge in [-0.2, -0.15) is 5.10 Å². The number of fused-ring (bicyclic) bond motifs is 5. The molecule has 0 aliphatic carbocycles. The number of aromatic nitrogens is 2. The lowest BCUT2D eigenvalue weighted by atomic mass is 10.0. The first-order valence-corrected chi connectivity index (χ1v) is 9.26. The third-order valence-corrected chi connectivity index (χ3v) is 5.24. The van der Waals surface area contributed by atoms with Gasteiger partial charge in [0.05, 0.1) is 23.1 Å². The van der Waals surface area contributed by atoms with Crippen LogP contribution in [-0.4, -0.2) is 39.4 Å². The van der Waals surface area contributed by atoms with Gasteiger partial charge in [-0.3, -0.25) is 24.4 Å². The van der Waals surface area contributed by atoms with Crippen LogP contribution in [0.15, 0.2) is 60.9 Å². The van der Waals surface area contributed by atoms with Crippen molar-refractivity contribution in [1.82, 2.24) is 15.1 Å². The molecule has 0 unspecified atom stereocenters. The van der Waals surface area contributed by atoms with E-state index in [-0.39, 0.29) is 30.7 Å². The molecule has 3 amide bonds. The zero-order valence-corrected chi connectivity index (χ0v) is 15.3. The first kappa shape index (κ1) is 17.2. The number of amides is 3. The van der Waals surface area contributed by atoms with Crippen molar-refractivity contribution in [3.8, 4) is 0 Å². The molecule has 2 aliphatic rings. The number of aromatic amines is 1. The molecule has 2 N–H and O–H groups in total. The molecule has 8 heteroatoms. The minimum absolute atomic E-state index is 0.0970. The van der Waals surface area contributed by atoms with Crippen LogP contribution in [0.2, 0.25) is 0 Å². The van der Waals surface area contributed by atoms with E-state index in [2.05, 4.69) is 15.5 Å². The fourth-order valence-corrected chi connectivity index (χ4v) is 3.96. The number of H-pyrrole nitrogens is 1. The van der Waals surface area contributed by atoms with Gasteiger partial charge in [-0.1, -0.05) is 30.3 Å². The number of hydrogen-bond donors (Lipinski definition) is 2. The molecule has 0 radical (unpaired) electrons. The highest BCUT2D eigenvalue weighted by Crippen LogP contribution is 2.45. The van der Waals surface area contributed by atoms with Crippen LogP contribution in [0.4, 0.5) is 11.4 Å². The van der Waals surface area contributed by atoms with Crippen molar-refractivity contribution in [3.63, 3.8) is 0 Å². The highest BCUT2D eigenvalue weighted by atomic mass is 16.2. The summed E-state index contributed by atoms with van der Waals surface area (Å²) < 4.78 is 0. The molecule has 5 rings (SSSR count). The molecule has 1 atom stereocenters. The highest BCUT2D eigenvalue weighted by Gasteiger charge is 2.47. The Bertz CT molecular complexity index is 1120. The molecule has 144 valence electrons. The van der Waals surface area contributed by atoms with E-state index in [1.807, 2.05) is 24.3 Å². The van der Waals surface area contributed by atoms with Crippen LogP contribution in [0.1, 0.15) is 38.9 Å². The van der Waals surface area contributed by atoms with Crippen molar-refractivity contribution < 1.29 is 14.4 Å². The molecule has 3 aromatic rings. The lowest BCUT2D eigenvalue weighted by molar-refractivity contribution is -0.116. The van der Waals surface area contributed by atoms with E-state index in [4.69, 9.17) is 0 Å². The molecule has 3 heterocycles. The number of benzene rings is 2. The Morgan fingerprint density at radius 3 is 2.59 bits per heavy atom. The molecule has 0 saturated carbocycles. The molecule has 0 spiro atoms. The van der Waals surface area contributed by atoms with E-state index in [0.29, 0.717) is 22.5 Å². The Hall–Kier alpha value is -3.94. The van der Waals surface area contributed by atoms with Gasteiger partial charge in [0, 0.05) is 30.3 Å². The SMILES string of the molecule is O=C(CCN1C(=O)c2ccccc2N2C(=O)c3ccccc3[C@H]12)Nc1cn[nH]c1. The smallest absolute Gasteiger partial charge is 0.260 e. The lowest BCUT2D eigenvalue weighted by Gasteiger charge is -2.40. The van der Waals surface area contributed by atoms with E-state index in [1.165, 1.54) is 6.20 Å². The molecule has 0 saturated heterocycles. The standard InChI is InChI=1S/C21H17N5O3/c27-18(24-13-11-22-23-12-13)9-10-25-19-14-5-1-2-6-15(14)21(29)26(19)17-8-4-3-7-16(17)20(25)28/h1-8,11-12,19H,9-10H2,(H,22,23)(H,24,27)/t19-/m1/s1. The third kappa shape index (κ3) is 2.68. The largest absolute Gasteiger partial charge is 0.323 e. The predicted molar refractivity (Wildman–Crippen MR) is 105 cm³/mol. The van der Waals surface area contributed by atoms with Gasteiger partial charge in [0.15, 0.2) is 0 Å². The summed E-state index contributed by atoms with van der Waals surface area (Å²) in [7, 11) is 0. The summed E-state index contributed by atoms with van der Waals surface area (Å²) in [6, 6.07) is 14.4. The summed E-state index contributed by atoms with van der Waals surface area (Å²) in [5.74, 6) is -0.567. The number of carbonyl (C=O) groups is 3. The predicted octanol–water partition coefficient (Wildman–Crippen LogP) is 2.55. The highest BCUT2D eigenvalue weighted by molar-refractivity contribution is 6.16. The maximum atomic E-state index is 13.2. The molecule has 1 aromatic heterocycles. The van der Waals surface area contributed by atoms with Gasteiger partial charge < -0.3 is 10.2 Å². The number of nitrogens with one attached hydrogen (secondary N) is 2. The molecular weight excluding hydrogens is 370 g/mol. The van der Waals surface area contributed by atoms with Crippen molar-refractivity contribution in [2.75, 3.05) is 16.8 Å². The number of para-hydroxylation sites is 1. The first-order valence-electron chi connectivity index (χ1n) is 9.26. The van der Waals surface area contributed by atoms with Gasteiger partial charge in [-0.15, -0.1) is 0 Å². The quantitative estimate of drug-likeness (QED) is 0.719. The van der Waals surface area contributed by atoms with E-state index < -0.39 is 6.17 Å². The van der Waals surface area contributed by atoms with E-state index in [1.54, 1.807) is 40.3 Å². The normalized spacial score (nSPS) is 17.0. The van der Waals surface area contributed by atoms with Crippen LogP contribution >= 0.6 is 0 Å². The second-order valence-electron chi connectivity index (χ2n) is 6.94. The number of anilines is 2. The van der Waals surface area contributed by atoms with Crippen LogP contribution in [0.25, 0.3) is 0 Å². The topological polar surface area (TPSA) is 98.4 Å². The molecular formula is C21H17N5O3. The van der Waals surface area contributed by atoms with Crippen molar-refractivity contribution in [2.45, 2.75) is 12.6 Å². The average Bonchev–Trinajstić information content (AvgIpc) is 3.35. The Morgan fingerprint density at radius 1 is 1.03 bits per heavy atom. The Labute approximate surface area is 166 Å². The monoisotopic (exact) mass is 387 g/mol. The van der Waals surface area contributed by atoms with Crippen LogP contribution in [-0.2, 0) is 4.79 Å². The van der Waals surface area contributed by atoms with Crippen LogP contribution in [0.3, 0.4) is 0 Å². The second kappa shape index (κ2) is 6.59. The first-order chi connectivity index (χ1) is 14.1. The number of rotatable bonds is 4. The minimum atomic E-state index is -0.553. The van der Waals surface area contributed by atoms with Crippen LogP contribution in [0, 0.1) is 0 Å². The Balaban J connectivity index is 1.48. The molecule has 2 aromatic carbocycles. The summed E-state index contributed by atoms with van der Waals surface area (Å²) in [6.07, 6.45) is 2.63. The minimum Gasteiger partial charge on any atom is -0.323 e. The van der Waals surface area contributed by atoms with Crippen LogP contribution in [0.5, 0.6) is 0 Å². The van der Waals surface area contributed by atoms with Crippen LogP contribution < -0.4 is 10.2 Å². The summed E-state index contributed by atoms with van der Waals surface area (Å²) in [5, 5.41) is 9.15. The summed E-state index contributed by atoms with van der Waals surface area (Å²) in [5.41, 5.74) is 2.97. The Morgan fingerprint density at radius 2 is 1.79 bits per heavy atom. The van der Waals surface area contributed by atoms with Gasteiger partial charge in [-0.25, -0.2) is 0 Å². The summed E-state index contributed by atoms with van der Waals surface area (Å²) >= 11 is 0. The second-order valence-corrected chi connectivity index (χ2v) is 6.94. The Kier molecular flexibility index (Phi) is 3.90. The fraction of sp³-hybridized carbons (Fsp3) is 0.143. The third-order valence-electron chi connectivity index (χ3n) is 5.24. The number of carbonyl (C=O) groups excluding carboxylic acids is 3. The van der Waals surface area contributed by atoms with E-state index in [0.717, 1.165) is 5.56 Å². The molecule has 29 heavy (non-hydrogen) atoms.